The normalized spacial score (nSPS) is 11.6. The number of nitrogens with zero attached hydrogens (tertiary/aromatic N) is 1. The number of thiazole rings is 1. The van der Waals surface area contributed by atoms with E-state index in [1.807, 2.05) is 12.3 Å². The molecule has 0 saturated heterocycles. The predicted molar refractivity (Wildman–Crippen MR) is 76.8 cm³/mol. The lowest BCUT2D eigenvalue weighted by Crippen LogP contribution is -2.35. The number of methoxy groups -OCH3 is 1. The average Bonchev–Trinajstić information content (AvgIpc) is 3.04. The Balaban J connectivity index is 2.01. The van der Waals surface area contributed by atoms with Crippen molar-refractivity contribution in [3.05, 3.63) is 39.7 Å². The van der Waals surface area contributed by atoms with Crippen LogP contribution in [0.2, 0.25) is 0 Å². The van der Waals surface area contributed by atoms with Crippen molar-refractivity contribution in [2.45, 2.75) is 32.9 Å². The van der Waals surface area contributed by atoms with Crippen LogP contribution >= 0.6 is 11.3 Å². The molecule has 0 aliphatic rings. The lowest BCUT2D eigenvalue weighted by Gasteiger charge is -2.23. The summed E-state index contributed by atoms with van der Waals surface area (Å²) in [6.07, 6.45) is 0. The zero-order chi connectivity index (χ0) is 14.8. The summed E-state index contributed by atoms with van der Waals surface area (Å²) < 4.78 is 10.0. The van der Waals surface area contributed by atoms with Crippen molar-refractivity contribution in [2.75, 3.05) is 7.11 Å². The number of carbonyl (C=O) groups is 1. The fourth-order valence-corrected chi connectivity index (χ4v) is 2.61. The van der Waals surface area contributed by atoms with E-state index in [2.05, 4.69) is 28.9 Å². The summed E-state index contributed by atoms with van der Waals surface area (Å²) in [6, 6.07) is 3.38. The smallest absolute Gasteiger partial charge is 0.373 e. The second-order valence-electron chi connectivity index (χ2n) is 5.03. The number of ether oxygens (including phenoxy) is 1. The number of furan rings is 1. The van der Waals surface area contributed by atoms with Crippen LogP contribution in [0.15, 0.2) is 21.9 Å². The summed E-state index contributed by atoms with van der Waals surface area (Å²) in [5.74, 6) is 0.435. The summed E-state index contributed by atoms with van der Waals surface area (Å²) in [7, 11) is 1.33. The molecule has 1 N–H and O–H groups in total. The Labute approximate surface area is 122 Å². The SMILES string of the molecule is COC(=O)c1ccc(CNC(C)(C)c2nc(C)cs2)o1. The minimum Gasteiger partial charge on any atom is -0.463 e. The molecule has 5 nitrogen and oxygen atoms in total. The third kappa shape index (κ3) is 3.26. The molecule has 2 aromatic rings. The molecular formula is C14H18N2O3S. The molecule has 0 fully saturated rings. The molecule has 0 saturated carbocycles. The van der Waals surface area contributed by atoms with E-state index in [0.29, 0.717) is 12.3 Å². The first-order valence-electron chi connectivity index (χ1n) is 6.27. The molecule has 2 aromatic heterocycles. The van der Waals surface area contributed by atoms with Gasteiger partial charge in [0, 0.05) is 11.1 Å². The summed E-state index contributed by atoms with van der Waals surface area (Å²) in [6.45, 7) is 6.62. The van der Waals surface area contributed by atoms with Crippen molar-refractivity contribution < 1.29 is 13.9 Å². The van der Waals surface area contributed by atoms with Crippen LogP contribution in [0.5, 0.6) is 0 Å². The highest BCUT2D eigenvalue weighted by Gasteiger charge is 2.24. The molecule has 0 bridgehead atoms. The van der Waals surface area contributed by atoms with E-state index in [4.69, 9.17) is 4.42 Å². The van der Waals surface area contributed by atoms with Crippen molar-refractivity contribution in [2.24, 2.45) is 0 Å². The van der Waals surface area contributed by atoms with E-state index in [9.17, 15) is 4.79 Å². The average molecular weight is 294 g/mol. The maximum Gasteiger partial charge on any atom is 0.373 e. The van der Waals surface area contributed by atoms with E-state index in [1.54, 1.807) is 23.5 Å². The molecule has 0 radical (unpaired) electrons. The van der Waals surface area contributed by atoms with Crippen LogP contribution in [-0.4, -0.2) is 18.1 Å². The van der Waals surface area contributed by atoms with Crippen LogP contribution in [0.4, 0.5) is 0 Å². The lowest BCUT2D eigenvalue weighted by atomic mass is 10.1. The standard InChI is InChI=1S/C14H18N2O3S/c1-9-8-20-13(16-9)14(2,3)15-7-10-5-6-11(19-10)12(17)18-4/h5-6,8,15H,7H2,1-4H3. The monoisotopic (exact) mass is 294 g/mol. The van der Waals surface area contributed by atoms with Gasteiger partial charge in [-0.3, -0.25) is 5.32 Å². The van der Waals surface area contributed by atoms with Crippen LogP contribution in [0.25, 0.3) is 0 Å². The van der Waals surface area contributed by atoms with Crippen LogP contribution in [0, 0.1) is 6.92 Å². The van der Waals surface area contributed by atoms with Crippen molar-refractivity contribution in [1.29, 1.82) is 0 Å². The maximum atomic E-state index is 11.3. The van der Waals surface area contributed by atoms with Crippen molar-refractivity contribution in [3.8, 4) is 0 Å². The Bertz CT molecular complexity index is 601. The quantitative estimate of drug-likeness (QED) is 0.859. The summed E-state index contributed by atoms with van der Waals surface area (Å²) in [5.41, 5.74) is 0.766. The number of hydrogen-bond donors (Lipinski definition) is 1. The number of nitrogens with one attached hydrogen (secondary N) is 1. The van der Waals surface area contributed by atoms with Gasteiger partial charge in [0.15, 0.2) is 0 Å². The highest BCUT2D eigenvalue weighted by atomic mass is 32.1. The molecule has 0 aliphatic heterocycles. The Morgan fingerprint density at radius 1 is 1.50 bits per heavy atom. The topological polar surface area (TPSA) is 64.4 Å². The highest BCUT2D eigenvalue weighted by Crippen LogP contribution is 2.24. The summed E-state index contributed by atoms with van der Waals surface area (Å²) in [5, 5.41) is 6.43. The molecule has 0 aliphatic carbocycles. The van der Waals surface area contributed by atoms with Gasteiger partial charge in [0.25, 0.3) is 0 Å². The first-order chi connectivity index (χ1) is 9.42. The van der Waals surface area contributed by atoms with Gasteiger partial charge in [0.2, 0.25) is 5.76 Å². The van der Waals surface area contributed by atoms with Crippen LogP contribution in [0.3, 0.4) is 0 Å². The Morgan fingerprint density at radius 2 is 2.25 bits per heavy atom. The van der Waals surface area contributed by atoms with Crippen molar-refractivity contribution in [1.82, 2.24) is 10.3 Å². The number of hydrogen-bond acceptors (Lipinski definition) is 6. The number of aromatic nitrogens is 1. The Kier molecular flexibility index (Phi) is 4.25. The predicted octanol–water partition coefficient (Wildman–Crippen LogP) is 2.86. The Hall–Kier alpha value is -1.66. The largest absolute Gasteiger partial charge is 0.463 e. The van der Waals surface area contributed by atoms with Gasteiger partial charge in [-0.1, -0.05) is 0 Å². The van der Waals surface area contributed by atoms with Gasteiger partial charge in [0.1, 0.15) is 10.8 Å². The number of rotatable bonds is 5. The van der Waals surface area contributed by atoms with Crippen LogP contribution in [0.1, 0.15) is 40.9 Å². The lowest BCUT2D eigenvalue weighted by molar-refractivity contribution is 0.0562. The third-order valence-corrected chi connectivity index (χ3v) is 4.19. The minimum absolute atomic E-state index is 0.215. The Morgan fingerprint density at radius 3 is 2.85 bits per heavy atom. The van der Waals surface area contributed by atoms with E-state index < -0.39 is 5.97 Å². The molecule has 0 aromatic carbocycles. The minimum atomic E-state index is -0.467. The molecule has 0 unspecified atom stereocenters. The van der Waals surface area contributed by atoms with Crippen LogP contribution in [-0.2, 0) is 16.8 Å². The van der Waals surface area contributed by atoms with Gasteiger partial charge in [-0.2, -0.15) is 0 Å². The zero-order valence-corrected chi connectivity index (χ0v) is 12.8. The molecule has 2 rings (SSSR count). The molecule has 108 valence electrons. The van der Waals surface area contributed by atoms with Gasteiger partial charge in [-0.05, 0) is 32.9 Å². The highest BCUT2D eigenvalue weighted by molar-refractivity contribution is 7.09. The molecule has 20 heavy (non-hydrogen) atoms. The van der Waals surface area contributed by atoms with Crippen molar-refractivity contribution in [3.63, 3.8) is 0 Å². The van der Waals surface area contributed by atoms with Gasteiger partial charge >= 0.3 is 5.97 Å². The summed E-state index contributed by atoms with van der Waals surface area (Å²) in [4.78, 5) is 15.8. The van der Waals surface area contributed by atoms with Gasteiger partial charge < -0.3 is 9.15 Å². The van der Waals surface area contributed by atoms with E-state index in [-0.39, 0.29) is 11.3 Å². The maximum absolute atomic E-state index is 11.3. The molecular weight excluding hydrogens is 276 g/mol. The third-order valence-electron chi connectivity index (χ3n) is 2.91. The van der Waals surface area contributed by atoms with Crippen molar-refractivity contribution >= 4 is 17.3 Å². The van der Waals surface area contributed by atoms with Gasteiger partial charge in [0.05, 0.1) is 19.2 Å². The molecule has 6 heteroatoms. The van der Waals surface area contributed by atoms with E-state index in [0.717, 1.165) is 10.7 Å². The van der Waals surface area contributed by atoms with Gasteiger partial charge in [-0.15, -0.1) is 11.3 Å². The number of aryl methyl sites for hydroxylation is 1. The fourth-order valence-electron chi connectivity index (χ4n) is 1.71. The van der Waals surface area contributed by atoms with E-state index in [1.165, 1.54) is 7.11 Å². The van der Waals surface area contributed by atoms with Crippen LogP contribution < -0.4 is 5.32 Å². The van der Waals surface area contributed by atoms with Gasteiger partial charge in [-0.25, -0.2) is 9.78 Å². The first-order valence-corrected chi connectivity index (χ1v) is 7.15. The molecule has 0 amide bonds. The second kappa shape index (κ2) is 5.76. The zero-order valence-electron chi connectivity index (χ0n) is 12.0. The first kappa shape index (κ1) is 14.7. The second-order valence-corrected chi connectivity index (χ2v) is 5.89. The number of esters is 1. The summed E-state index contributed by atoms with van der Waals surface area (Å²) >= 11 is 1.63. The molecule has 0 spiro atoms. The van der Waals surface area contributed by atoms with E-state index >= 15 is 0 Å². The fraction of sp³-hybridized carbons (Fsp3) is 0.429. The molecule has 2 heterocycles. The molecule has 0 atom stereocenters. The number of carbonyl (C=O) groups excluding carboxylic acids is 1.